The van der Waals surface area contributed by atoms with Crippen LogP contribution in [0, 0.1) is 13.8 Å². The summed E-state index contributed by atoms with van der Waals surface area (Å²) in [6.45, 7) is 7.35. The highest BCUT2D eigenvalue weighted by molar-refractivity contribution is 6.42. The van der Waals surface area contributed by atoms with Gasteiger partial charge in [0.15, 0.2) is 0 Å². The molecule has 0 aliphatic rings. The standard InChI is InChI=1S/C18H21Cl2N/c1-4-21-18(15-7-5-12(2)13(3)9-15)11-14-6-8-16(19)17(20)10-14/h5-10,18,21H,4,11H2,1-3H3. The molecule has 0 saturated carbocycles. The van der Waals surface area contributed by atoms with Gasteiger partial charge in [0.2, 0.25) is 0 Å². The Balaban J connectivity index is 2.25. The van der Waals surface area contributed by atoms with Crippen molar-refractivity contribution in [1.29, 1.82) is 0 Å². The molecule has 2 rings (SSSR count). The Morgan fingerprint density at radius 3 is 2.33 bits per heavy atom. The molecule has 2 aromatic carbocycles. The molecule has 0 aliphatic heterocycles. The fourth-order valence-corrected chi connectivity index (χ4v) is 2.76. The van der Waals surface area contributed by atoms with Crippen LogP contribution in [0.4, 0.5) is 0 Å². The zero-order valence-corrected chi connectivity index (χ0v) is 14.2. The molecule has 0 fully saturated rings. The van der Waals surface area contributed by atoms with Crippen molar-refractivity contribution in [3.63, 3.8) is 0 Å². The highest BCUT2D eigenvalue weighted by Crippen LogP contribution is 2.26. The first-order valence-electron chi connectivity index (χ1n) is 7.25. The van der Waals surface area contributed by atoms with E-state index < -0.39 is 0 Å². The molecule has 0 aliphatic carbocycles. The number of nitrogens with one attached hydrogen (secondary N) is 1. The Bertz CT molecular complexity index is 623. The molecular weight excluding hydrogens is 301 g/mol. The van der Waals surface area contributed by atoms with Crippen molar-refractivity contribution in [2.24, 2.45) is 0 Å². The van der Waals surface area contributed by atoms with Crippen molar-refractivity contribution < 1.29 is 0 Å². The van der Waals surface area contributed by atoms with Crippen molar-refractivity contribution in [1.82, 2.24) is 5.32 Å². The summed E-state index contributed by atoms with van der Waals surface area (Å²) in [7, 11) is 0. The normalized spacial score (nSPS) is 12.4. The first-order chi connectivity index (χ1) is 10.0. The predicted octanol–water partition coefficient (Wildman–Crippen LogP) is 5.50. The lowest BCUT2D eigenvalue weighted by molar-refractivity contribution is 0.549. The summed E-state index contributed by atoms with van der Waals surface area (Å²) in [4.78, 5) is 0. The smallest absolute Gasteiger partial charge is 0.0595 e. The van der Waals surface area contributed by atoms with Gasteiger partial charge < -0.3 is 5.32 Å². The summed E-state index contributed by atoms with van der Waals surface area (Å²) in [5.74, 6) is 0. The fraction of sp³-hybridized carbons (Fsp3) is 0.333. The van der Waals surface area contributed by atoms with Crippen LogP contribution in [0.3, 0.4) is 0 Å². The lowest BCUT2D eigenvalue weighted by atomic mass is 9.96. The van der Waals surface area contributed by atoms with Gasteiger partial charge in [0, 0.05) is 6.04 Å². The first kappa shape index (κ1) is 16.4. The molecule has 1 N–H and O–H groups in total. The van der Waals surface area contributed by atoms with Crippen LogP contribution in [-0.4, -0.2) is 6.54 Å². The van der Waals surface area contributed by atoms with Crippen LogP contribution in [0.1, 0.15) is 35.2 Å². The molecule has 0 heterocycles. The van der Waals surface area contributed by atoms with Gasteiger partial charge in [0.05, 0.1) is 10.0 Å². The minimum absolute atomic E-state index is 0.284. The number of rotatable bonds is 5. The second-order valence-electron chi connectivity index (χ2n) is 5.41. The van der Waals surface area contributed by atoms with E-state index in [1.165, 1.54) is 22.3 Å². The van der Waals surface area contributed by atoms with E-state index in [0.717, 1.165) is 13.0 Å². The highest BCUT2D eigenvalue weighted by Gasteiger charge is 2.12. The summed E-state index contributed by atoms with van der Waals surface area (Å²) in [6, 6.07) is 12.8. The molecule has 2 aromatic rings. The molecule has 0 radical (unpaired) electrons. The van der Waals surface area contributed by atoms with Crippen LogP contribution >= 0.6 is 23.2 Å². The summed E-state index contributed by atoms with van der Waals surface area (Å²) in [6.07, 6.45) is 0.896. The number of likely N-dealkylation sites (N-methyl/N-ethyl adjacent to an activating group) is 1. The molecule has 112 valence electrons. The van der Waals surface area contributed by atoms with E-state index in [1.807, 2.05) is 18.2 Å². The lowest BCUT2D eigenvalue weighted by Gasteiger charge is -2.20. The van der Waals surface area contributed by atoms with E-state index in [4.69, 9.17) is 23.2 Å². The number of halogens is 2. The lowest BCUT2D eigenvalue weighted by Crippen LogP contribution is -2.23. The second-order valence-corrected chi connectivity index (χ2v) is 6.22. The van der Waals surface area contributed by atoms with Crippen molar-refractivity contribution in [2.75, 3.05) is 6.54 Å². The monoisotopic (exact) mass is 321 g/mol. The Morgan fingerprint density at radius 1 is 0.952 bits per heavy atom. The zero-order chi connectivity index (χ0) is 15.4. The van der Waals surface area contributed by atoms with Gasteiger partial charge in [-0.1, -0.05) is 54.4 Å². The van der Waals surface area contributed by atoms with E-state index >= 15 is 0 Å². The fourth-order valence-electron chi connectivity index (χ4n) is 2.44. The third-order valence-corrected chi connectivity index (χ3v) is 4.55. The van der Waals surface area contributed by atoms with Gasteiger partial charge in [-0.05, 0) is 61.2 Å². The minimum Gasteiger partial charge on any atom is -0.310 e. The molecule has 1 nitrogen and oxygen atoms in total. The molecule has 0 amide bonds. The molecular formula is C18H21Cl2N. The Kier molecular flexibility index (Phi) is 5.69. The molecule has 0 saturated heterocycles. The van der Waals surface area contributed by atoms with Gasteiger partial charge in [-0.2, -0.15) is 0 Å². The molecule has 0 aromatic heterocycles. The molecule has 0 spiro atoms. The molecule has 1 atom stereocenters. The second kappa shape index (κ2) is 7.31. The average Bonchev–Trinajstić information content (AvgIpc) is 2.45. The van der Waals surface area contributed by atoms with Crippen molar-refractivity contribution in [3.8, 4) is 0 Å². The molecule has 0 bridgehead atoms. The van der Waals surface area contributed by atoms with Gasteiger partial charge in [-0.3, -0.25) is 0 Å². The summed E-state index contributed by atoms with van der Waals surface area (Å²) in [5, 5.41) is 4.77. The van der Waals surface area contributed by atoms with Crippen molar-refractivity contribution >= 4 is 23.2 Å². The summed E-state index contributed by atoms with van der Waals surface area (Å²) < 4.78 is 0. The summed E-state index contributed by atoms with van der Waals surface area (Å²) >= 11 is 12.1. The van der Waals surface area contributed by atoms with E-state index in [1.54, 1.807) is 0 Å². The Labute approximate surface area is 137 Å². The third kappa shape index (κ3) is 4.23. The van der Waals surface area contributed by atoms with Crippen LogP contribution in [0.15, 0.2) is 36.4 Å². The van der Waals surface area contributed by atoms with Crippen molar-refractivity contribution in [2.45, 2.75) is 33.2 Å². The SMILES string of the molecule is CCNC(Cc1ccc(Cl)c(Cl)c1)c1ccc(C)c(C)c1. The largest absolute Gasteiger partial charge is 0.310 e. The van der Waals surface area contributed by atoms with E-state index in [2.05, 4.69) is 44.3 Å². The number of hydrogen-bond acceptors (Lipinski definition) is 1. The van der Waals surface area contributed by atoms with Gasteiger partial charge in [0.1, 0.15) is 0 Å². The van der Waals surface area contributed by atoms with Crippen LogP contribution in [0.25, 0.3) is 0 Å². The molecule has 1 unspecified atom stereocenters. The van der Waals surface area contributed by atoms with Gasteiger partial charge in [-0.25, -0.2) is 0 Å². The highest BCUT2D eigenvalue weighted by atomic mass is 35.5. The quantitative estimate of drug-likeness (QED) is 0.766. The van der Waals surface area contributed by atoms with Crippen LogP contribution in [0.2, 0.25) is 10.0 Å². The number of hydrogen-bond donors (Lipinski definition) is 1. The van der Waals surface area contributed by atoms with Crippen molar-refractivity contribution in [3.05, 3.63) is 68.7 Å². The van der Waals surface area contributed by atoms with E-state index in [-0.39, 0.29) is 6.04 Å². The third-order valence-electron chi connectivity index (χ3n) is 3.81. The molecule has 21 heavy (non-hydrogen) atoms. The Morgan fingerprint density at radius 2 is 1.71 bits per heavy atom. The van der Waals surface area contributed by atoms with E-state index in [9.17, 15) is 0 Å². The maximum Gasteiger partial charge on any atom is 0.0595 e. The zero-order valence-electron chi connectivity index (χ0n) is 12.7. The Hall–Kier alpha value is -1.02. The maximum absolute atomic E-state index is 6.11. The van der Waals surface area contributed by atoms with Crippen LogP contribution in [-0.2, 0) is 6.42 Å². The molecule has 3 heteroatoms. The van der Waals surface area contributed by atoms with Crippen LogP contribution < -0.4 is 5.32 Å². The topological polar surface area (TPSA) is 12.0 Å². The average molecular weight is 322 g/mol. The summed E-state index contributed by atoms with van der Waals surface area (Å²) in [5.41, 5.74) is 5.15. The number of benzene rings is 2. The number of aryl methyl sites for hydroxylation is 2. The maximum atomic E-state index is 6.11. The predicted molar refractivity (Wildman–Crippen MR) is 92.5 cm³/mol. The minimum atomic E-state index is 0.284. The van der Waals surface area contributed by atoms with Gasteiger partial charge in [-0.15, -0.1) is 0 Å². The van der Waals surface area contributed by atoms with E-state index in [0.29, 0.717) is 10.0 Å². The first-order valence-corrected chi connectivity index (χ1v) is 8.01. The van der Waals surface area contributed by atoms with Gasteiger partial charge >= 0.3 is 0 Å². The van der Waals surface area contributed by atoms with Gasteiger partial charge in [0.25, 0.3) is 0 Å². The van der Waals surface area contributed by atoms with Crippen LogP contribution in [0.5, 0.6) is 0 Å².